The van der Waals surface area contributed by atoms with Gasteiger partial charge in [-0.15, -0.1) is 0 Å². The summed E-state index contributed by atoms with van der Waals surface area (Å²) in [6.45, 7) is 1.11. The number of anilines is 1. The van der Waals surface area contributed by atoms with Crippen LogP contribution in [0.15, 0.2) is 48.7 Å². The standard InChI is InChI=1S/C21H28N4O2/c1-24-15-8-12-18(24)19-11-6-3-7-16-25(19)20(26)13-14-22-21(27)23-17-9-4-2-5-10-17/h2,4-5,8-10,12,15,19H,3,6-7,11,13-14,16H2,1H3,(H2,22,23,27). The number of aryl methyl sites for hydroxylation is 1. The van der Waals surface area contributed by atoms with E-state index in [1.165, 1.54) is 5.69 Å². The molecule has 144 valence electrons. The van der Waals surface area contributed by atoms with Crippen LogP contribution in [0.25, 0.3) is 0 Å². The van der Waals surface area contributed by atoms with Crippen molar-refractivity contribution in [3.8, 4) is 0 Å². The van der Waals surface area contributed by atoms with E-state index in [-0.39, 0.29) is 18.0 Å². The summed E-state index contributed by atoms with van der Waals surface area (Å²) in [5.41, 5.74) is 1.91. The first-order valence-corrected chi connectivity index (χ1v) is 9.66. The van der Waals surface area contributed by atoms with Crippen molar-refractivity contribution in [2.75, 3.05) is 18.4 Å². The van der Waals surface area contributed by atoms with E-state index in [0.29, 0.717) is 13.0 Å². The Labute approximate surface area is 160 Å². The minimum absolute atomic E-state index is 0.100. The van der Waals surface area contributed by atoms with Crippen molar-refractivity contribution in [3.63, 3.8) is 0 Å². The number of carbonyl (C=O) groups excluding carboxylic acids is 2. The number of likely N-dealkylation sites (tertiary alicyclic amines) is 1. The molecule has 0 radical (unpaired) electrons. The SMILES string of the molecule is Cn1cccc1C1CCCCCN1C(=O)CCNC(=O)Nc1ccccc1. The number of aromatic nitrogens is 1. The van der Waals surface area contributed by atoms with Gasteiger partial charge in [0.1, 0.15) is 0 Å². The lowest BCUT2D eigenvalue weighted by Crippen LogP contribution is -2.38. The number of hydrogen-bond acceptors (Lipinski definition) is 2. The van der Waals surface area contributed by atoms with E-state index < -0.39 is 0 Å². The van der Waals surface area contributed by atoms with Crippen molar-refractivity contribution in [1.82, 2.24) is 14.8 Å². The summed E-state index contributed by atoms with van der Waals surface area (Å²) in [6, 6.07) is 13.2. The van der Waals surface area contributed by atoms with Gasteiger partial charge in [0.15, 0.2) is 0 Å². The number of benzene rings is 1. The molecule has 3 rings (SSSR count). The van der Waals surface area contributed by atoms with Gasteiger partial charge in [-0.1, -0.05) is 31.0 Å². The lowest BCUT2D eigenvalue weighted by atomic mass is 10.1. The number of urea groups is 1. The predicted molar refractivity (Wildman–Crippen MR) is 106 cm³/mol. The van der Waals surface area contributed by atoms with Gasteiger partial charge in [0.05, 0.1) is 6.04 Å². The third-order valence-corrected chi connectivity index (χ3v) is 5.05. The van der Waals surface area contributed by atoms with Crippen molar-refractivity contribution in [2.45, 2.75) is 38.1 Å². The molecule has 6 nitrogen and oxygen atoms in total. The Balaban J connectivity index is 1.53. The molecule has 2 aromatic rings. The summed E-state index contributed by atoms with van der Waals surface area (Å²) < 4.78 is 2.10. The lowest BCUT2D eigenvalue weighted by Gasteiger charge is -2.30. The lowest BCUT2D eigenvalue weighted by molar-refractivity contribution is -0.133. The molecule has 0 aliphatic carbocycles. The Kier molecular flexibility index (Phi) is 6.52. The third-order valence-electron chi connectivity index (χ3n) is 5.05. The highest BCUT2D eigenvalue weighted by atomic mass is 16.2. The zero-order valence-corrected chi connectivity index (χ0v) is 15.9. The minimum atomic E-state index is -0.288. The number of nitrogens with zero attached hydrogens (tertiary/aromatic N) is 2. The largest absolute Gasteiger partial charge is 0.353 e. The van der Waals surface area contributed by atoms with Crippen LogP contribution in [0.1, 0.15) is 43.8 Å². The summed E-state index contributed by atoms with van der Waals surface area (Å²) in [4.78, 5) is 26.8. The van der Waals surface area contributed by atoms with E-state index in [0.717, 1.165) is 37.9 Å². The van der Waals surface area contributed by atoms with Gasteiger partial charge in [-0.25, -0.2) is 4.79 Å². The molecular formula is C21H28N4O2. The van der Waals surface area contributed by atoms with Crippen molar-refractivity contribution < 1.29 is 9.59 Å². The van der Waals surface area contributed by atoms with Crippen molar-refractivity contribution in [3.05, 3.63) is 54.4 Å². The number of hydrogen-bond donors (Lipinski definition) is 2. The maximum absolute atomic E-state index is 12.9. The second-order valence-electron chi connectivity index (χ2n) is 6.99. The fraction of sp³-hybridized carbons (Fsp3) is 0.429. The second kappa shape index (κ2) is 9.26. The number of nitrogens with one attached hydrogen (secondary N) is 2. The monoisotopic (exact) mass is 368 g/mol. The maximum atomic E-state index is 12.9. The molecule has 2 N–H and O–H groups in total. The van der Waals surface area contributed by atoms with E-state index in [1.54, 1.807) is 0 Å². The fourth-order valence-electron chi connectivity index (χ4n) is 3.66. The normalized spacial score (nSPS) is 17.2. The van der Waals surface area contributed by atoms with Crippen LogP contribution in [0, 0.1) is 0 Å². The third kappa shape index (κ3) is 5.12. The molecule has 6 heteroatoms. The summed E-state index contributed by atoms with van der Waals surface area (Å²) in [5.74, 6) is 0.100. The highest BCUT2D eigenvalue weighted by Gasteiger charge is 2.27. The Morgan fingerprint density at radius 1 is 1.07 bits per heavy atom. The number of rotatable bonds is 5. The van der Waals surface area contributed by atoms with Crippen molar-refractivity contribution in [1.29, 1.82) is 0 Å². The molecule has 1 aliphatic heterocycles. The van der Waals surface area contributed by atoms with Crippen LogP contribution in [0.5, 0.6) is 0 Å². The summed E-state index contributed by atoms with van der Waals surface area (Å²) in [5, 5.41) is 5.54. The van der Waals surface area contributed by atoms with Gasteiger partial charge in [0.2, 0.25) is 5.91 Å². The molecule has 1 unspecified atom stereocenters. The van der Waals surface area contributed by atoms with Crippen LogP contribution in [0.3, 0.4) is 0 Å². The molecule has 1 fully saturated rings. The molecular weight excluding hydrogens is 340 g/mol. The second-order valence-corrected chi connectivity index (χ2v) is 6.99. The van der Waals surface area contributed by atoms with E-state index in [2.05, 4.69) is 21.3 Å². The van der Waals surface area contributed by atoms with E-state index in [9.17, 15) is 9.59 Å². The van der Waals surface area contributed by atoms with Gasteiger partial charge in [0.25, 0.3) is 0 Å². The molecule has 1 aromatic carbocycles. The highest BCUT2D eigenvalue weighted by Crippen LogP contribution is 2.30. The molecule has 3 amide bonds. The average molecular weight is 368 g/mol. The van der Waals surface area contributed by atoms with Crippen LogP contribution >= 0.6 is 0 Å². The van der Waals surface area contributed by atoms with E-state index in [4.69, 9.17) is 0 Å². The van der Waals surface area contributed by atoms with Crippen LogP contribution in [-0.2, 0) is 11.8 Å². The number of carbonyl (C=O) groups is 2. The molecule has 1 atom stereocenters. The van der Waals surface area contributed by atoms with Gasteiger partial charge in [0, 0.05) is 44.1 Å². The Morgan fingerprint density at radius 2 is 1.89 bits per heavy atom. The Hall–Kier alpha value is -2.76. The Bertz CT molecular complexity index is 757. The van der Waals surface area contributed by atoms with Gasteiger partial charge >= 0.3 is 6.03 Å². The van der Waals surface area contributed by atoms with Crippen molar-refractivity contribution in [2.24, 2.45) is 7.05 Å². The molecule has 27 heavy (non-hydrogen) atoms. The van der Waals surface area contributed by atoms with Gasteiger partial charge in [-0.3, -0.25) is 4.79 Å². The fourth-order valence-corrected chi connectivity index (χ4v) is 3.66. The average Bonchev–Trinajstić information content (AvgIpc) is 2.94. The smallest absolute Gasteiger partial charge is 0.319 e. The number of para-hydroxylation sites is 1. The van der Waals surface area contributed by atoms with Crippen LogP contribution in [-0.4, -0.2) is 34.5 Å². The molecule has 0 bridgehead atoms. The first kappa shape index (κ1) is 19.0. The van der Waals surface area contributed by atoms with Crippen molar-refractivity contribution >= 4 is 17.6 Å². The topological polar surface area (TPSA) is 66.4 Å². The zero-order chi connectivity index (χ0) is 19.1. The van der Waals surface area contributed by atoms with Crippen LogP contribution in [0.4, 0.5) is 10.5 Å². The van der Waals surface area contributed by atoms with E-state index >= 15 is 0 Å². The molecule has 2 heterocycles. The maximum Gasteiger partial charge on any atom is 0.319 e. The summed E-state index contributed by atoms with van der Waals surface area (Å²) in [6.07, 6.45) is 6.65. The molecule has 0 saturated carbocycles. The molecule has 0 spiro atoms. The van der Waals surface area contributed by atoms with Gasteiger partial charge in [-0.05, 0) is 37.1 Å². The summed E-state index contributed by atoms with van der Waals surface area (Å²) in [7, 11) is 2.03. The van der Waals surface area contributed by atoms with E-state index in [1.807, 2.05) is 54.5 Å². The van der Waals surface area contributed by atoms with Crippen LogP contribution in [0.2, 0.25) is 0 Å². The van der Waals surface area contributed by atoms with Gasteiger partial charge in [-0.2, -0.15) is 0 Å². The Morgan fingerprint density at radius 3 is 2.63 bits per heavy atom. The number of amides is 3. The first-order valence-electron chi connectivity index (χ1n) is 9.66. The molecule has 1 aliphatic rings. The predicted octanol–water partition coefficient (Wildman–Crippen LogP) is 3.68. The quantitative estimate of drug-likeness (QED) is 0.845. The van der Waals surface area contributed by atoms with Gasteiger partial charge < -0.3 is 20.1 Å². The minimum Gasteiger partial charge on any atom is -0.353 e. The zero-order valence-electron chi connectivity index (χ0n) is 15.9. The molecule has 1 aromatic heterocycles. The first-order chi connectivity index (χ1) is 13.1. The summed E-state index contributed by atoms with van der Waals surface area (Å²) >= 11 is 0. The molecule has 1 saturated heterocycles. The highest BCUT2D eigenvalue weighted by molar-refractivity contribution is 5.89. The van der Waals surface area contributed by atoms with Crippen LogP contribution < -0.4 is 10.6 Å².